The molecule has 0 bridgehead atoms. The zero-order valence-electron chi connectivity index (χ0n) is 11.0. The molecule has 7 nitrogen and oxygen atoms in total. The van der Waals surface area contributed by atoms with E-state index in [4.69, 9.17) is 5.73 Å². The summed E-state index contributed by atoms with van der Waals surface area (Å²) in [5.41, 5.74) is 5.66. The van der Waals surface area contributed by atoms with Crippen LogP contribution >= 0.6 is 0 Å². The Morgan fingerprint density at radius 2 is 2.05 bits per heavy atom. The number of nitrogens with one attached hydrogen (secondary N) is 2. The molecule has 2 rings (SSSR count). The second-order valence-corrected chi connectivity index (χ2v) is 4.11. The van der Waals surface area contributed by atoms with Gasteiger partial charge in [-0.3, -0.25) is 0 Å². The van der Waals surface area contributed by atoms with Crippen LogP contribution in [0.15, 0.2) is 24.8 Å². The van der Waals surface area contributed by atoms with Gasteiger partial charge in [0.1, 0.15) is 11.6 Å². The molecule has 2 aromatic heterocycles. The number of imidazole rings is 1. The van der Waals surface area contributed by atoms with Gasteiger partial charge in [-0.2, -0.15) is 9.97 Å². The molecular formula is C12H19N7. The number of hydrogen-bond donors (Lipinski definition) is 3. The van der Waals surface area contributed by atoms with E-state index in [1.807, 2.05) is 30.1 Å². The van der Waals surface area contributed by atoms with Crippen molar-refractivity contribution in [2.75, 3.05) is 29.5 Å². The zero-order valence-corrected chi connectivity index (χ0v) is 11.0. The predicted molar refractivity (Wildman–Crippen MR) is 75.9 cm³/mol. The molecule has 19 heavy (non-hydrogen) atoms. The van der Waals surface area contributed by atoms with Gasteiger partial charge < -0.3 is 20.9 Å². The topological polar surface area (TPSA) is 93.7 Å². The van der Waals surface area contributed by atoms with Crippen LogP contribution in [0.5, 0.6) is 0 Å². The Kier molecular flexibility index (Phi) is 4.54. The molecule has 0 saturated carbocycles. The summed E-state index contributed by atoms with van der Waals surface area (Å²) in [5.74, 6) is 1.76. The van der Waals surface area contributed by atoms with Gasteiger partial charge in [-0.05, 0) is 13.3 Å². The summed E-state index contributed by atoms with van der Waals surface area (Å²) in [6, 6.07) is 1.86. The van der Waals surface area contributed by atoms with E-state index < -0.39 is 0 Å². The highest BCUT2D eigenvalue weighted by molar-refractivity contribution is 5.50. The molecule has 102 valence electrons. The minimum atomic E-state index is 0.274. The molecular weight excluding hydrogens is 242 g/mol. The third kappa shape index (κ3) is 4.13. The van der Waals surface area contributed by atoms with Crippen LogP contribution in [0.3, 0.4) is 0 Å². The summed E-state index contributed by atoms with van der Waals surface area (Å²) < 4.78 is 2.04. The van der Waals surface area contributed by atoms with E-state index in [2.05, 4.69) is 25.6 Å². The van der Waals surface area contributed by atoms with Gasteiger partial charge in [-0.1, -0.05) is 0 Å². The maximum atomic E-state index is 5.66. The highest BCUT2D eigenvalue weighted by atomic mass is 15.1. The SMILES string of the molecule is CCNc1cc(NCCCn2ccnc2)nc(N)n1. The summed E-state index contributed by atoms with van der Waals surface area (Å²) in [6.07, 6.45) is 6.52. The summed E-state index contributed by atoms with van der Waals surface area (Å²) in [5, 5.41) is 6.36. The molecule has 0 unspecified atom stereocenters. The standard InChI is InChI=1S/C12H19N7/c1-2-15-10-8-11(18-12(13)17-10)16-4-3-6-19-7-5-14-9-19/h5,7-9H,2-4,6H2,1H3,(H4,13,15,16,17,18). The lowest BCUT2D eigenvalue weighted by Crippen LogP contribution is -2.10. The first-order chi connectivity index (χ1) is 9.28. The fraction of sp³-hybridized carbons (Fsp3) is 0.417. The highest BCUT2D eigenvalue weighted by Gasteiger charge is 2.01. The van der Waals surface area contributed by atoms with Crippen LogP contribution in [0.1, 0.15) is 13.3 Å². The van der Waals surface area contributed by atoms with Gasteiger partial charge in [0, 0.05) is 38.1 Å². The van der Waals surface area contributed by atoms with Gasteiger partial charge in [0.2, 0.25) is 5.95 Å². The average molecular weight is 261 g/mol. The summed E-state index contributed by atoms with van der Waals surface area (Å²) in [4.78, 5) is 12.2. The van der Waals surface area contributed by atoms with E-state index in [0.29, 0.717) is 0 Å². The Balaban J connectivity index is 1.81. The van der Waals surface area contributed by atoms with Crippen molar-refractivity contribution in [1.82, 2.24) is 19.5 Å². The molecule has 0 saturated heterocycles. The molecule has 0 radical (unpaired) electrons. The first kappa shape index (κ1) is 13.1. The normalized spacial score (nSPS) is 10.4. The lowest BCUT2D eigenvalue weighted by Gasteiger charge is -2.09. The summed E-state index contributed by atoms with van der Waals surface area (Å²) in [7, 11) is 0. The lowest BCUT2D eigenvalue weighted by atomic mass is 10.4. The van der Waals surface area contributed by atoms with Crippen LogP contribution in [-0.2, 0) is 6.54 Å². The molecule has 0 spiro atoms. The van der Waals surface area contributed by atoms with Crippen LogP contribution in [-0.4, -0.2) is 32.6 Å². The first-order valence-corrected chi connectivity index (χ1v) is 6.36. The minimum absolute atomic E-state index is 0.274. The van der Waals surface area contributed by atoms with Gasteiger partial charge in [0.15, 0.2) is 0 Å². The van der Waals surface area contributed by atoms with Crippen molar-refractivity contribution >= 4 is 17.6 Å². The van der Waals surface area contributed by atoms with E-state index in [-0.39, 0.29) is 5.95 Å². The average Bonchev–Trinajstić information content (AvgIpc) is 2.87. The maximum absolute atomic E-state index is 5.66. The Bertz CT molecular complexity index is 495. The maximum Gasteiger partial charge on any atom is 0.223 e. The van der Waals surface area contributed by atoms with Crippen LogP contribution in [0, 0.1) is 0 Å². The van der Waals surface area contributed by atoms with Crippen LogP contribution in [0.25, 0.3) is 0 Å². The molecule has 7 heteroatoms. The molecule has 2 heterocycles. The molecule has 0 aliphatic heterocycles. The monoisotopic (exact) mass is 261 g/mol. The molecule has 0 atom stereocenters. The van der Waals surface area contributed by atoms with E-state index >= 15 is 0 Å². The van der Waals surface area contributed by atoms with Crippen molar-refractivity contribution in [3.8, 4) is 0 Å². The number of aromatic nitrogens is 4. The number of hydrogen-bond acceptors (Lipinski definition) is 6. The van der Waals surface area contributed by atoms with Crippen LogP contribution in [0.2, 0.25) is 0 Å². The van der Waals surface area contributed by atoms with Crippen molar-refractivity contribution in [3.63, 3.8) is 0 Å². The number of nitrogens with zero attached hydrogens (tertiary/aromatic N) is 4. The van der Waals surface area contributed by atoms with E-state index in [0.717, 1.165) is 37.7 Å². The molecule has 0 aromatic carbocycles. The minimum Gasteiger partial charge on any atom is -0.370 e. The van der Waals surface area contributed by atoms with Gasteiger partial charge in [-0.25, -0.2) is 4.98 Å². The largest absolute Gasteiger partial charge is 0.370 e. The van der Waals surface area contributed by atoms with E-state index in [1.54, 1.807) is 6.20 Å². The van der Waals surface area contributed by atoms with Crippen molar-refractivity contribution < 1.29 is 0 Å². The predicted octanol–water partition coefficient (Wildman–Crippen LogP) is 1.19. The van der Waals surface area contributed by atoms with Crippen molar-refractivity contribution in [2.24, 2.45) is 0 Å². The molecule has 0 fully saturated rings. The van der Waals surface area contributed by atoms with Gasteiger partial charge >= 0.3 is 0 Å². The van der Waals surface area contributed by atoms with Crippen LogP contribution < -0.4 is 16.4 Å². The third-order valence-electron chi connectivity index (χ3n) is 2.56. The van der Waals surface area contributed by atoms with Gasteiger partial charge in [0.25, 0.3) is 0 Å². The number of aryl methyl sites for hydroxylation is 1. The quantitative estimate of drug-likeness (QED) is 0.648. The second-order valence-electron chi connectivity index (χ2n) is 4.11. The Morgan fingerprint density at radius 1 is 1.26 bits per heavy atom. The third-order valence-corrected chi connectivity index (χ3v) is 2.56. The highest BCUT2D eigenvalue weighted by Crippen LogP contribution is 2.12. The fourth-order valence-electron chi connectivity index (χ4n) is 1.73. The number of anilines is 3. The Hall–Kier alpha value is -2.31. The van der Waals surface area contributed by atoms with E-state index in [1.165, 1.54) is 0 Å². The van der Waals surface area contributed by atoms with Gasteiger partial charge in [0.05, 0.1) is 6.33 Å². The molecule has 0 aliphatic carbocycles. The molecule has 0 amide bonds. The molecule has 2 aromatic rings. The molecule has 0 aliphatic rings. The lowest BCUT2D eigenvalue weighted by molar-refractivity contribution is 0.660. The smallest absolute Gasteiger partial charge is 0.223 e. The summed E-state index contributed by atoms with van der Waals surface area (Å²) in [6.45, 7) is 4.56. The second kappa shape index (κ2) is 6.58. The van der Waals surface area contributed by atoms with Crippen LogP contribution in [0.4, 0.5) is 17.6 Å². The molecule has 4 N–H and O–H groups in total. The first-order valence-electron chi connectivity index (χ1n) is 6.36. The number of rotatable bonds is 7. The summed E-state index contributed by atoms with van der Waals surface area (Å²) >= 11 is 0. The van der Waals surface area contributed by atoms with Gasteiger partial charge in [-0.15, -0.1) is 0 Å². The van der Waals surface area contributed by atoms with Crippen molar-refractivity contribution in [1.29, 1.82) is 0 Å². The van der Waals surface area contributed by atoms with Crippen molar-refractivity contribution in [3.05, 3.63) is 24.8 Å². The Labute approximate surface area is 112 Å². The zero-order chi connectivity index (χ0) is 13.5. The Morgan fingerprint density at radius 3 is 2.74 bits per heavy atom. The van der Waals surface area contributed by atoms with E-state index in [9.17, 15) is 0 Å². The number of nitrogens with two attached hydrogens (primary N) is 1. The van der Waals surface area contributed by atoms with Crippen molar-refractivity contribution in [2.45, 2.75) is 19.9 Å². The number of nitrogen functional groups attached to an aromatic ring is 1. The fourth-order valence-corrected chi connectivity index (χ4v) is 1.73.